The fraction of sp³-hybridized carbons (Fsp3) is 0.938. The molecule has 0 aliphatic carbocycles. The molecular weight excluding hydrogens is 412 g/mol. The lowest BCUT2D eigenvalue weighted by Gasteiger charge is -2.35. The largest absolute Gasteiger partial charge is 0.356 e. The Kier molecular flexibility index (Phi) is 21.0. The quantitative estimate of drug-likeness (QED) is 0.121. The SMILES string of the molecule is CCCCCCCCCCCCCCCCCCC1N(CCCCCCCC)C=CN1C(C)C. The second-order valence-corrected chi connectivity index (χ2v) is 11.4. The Bertz CT molecular complexity index is 444. The summed E-state index contributed by atoms with van der Waals surface area (Å²) in [6.45, 7) is 10.5. The summed E-state index contributed by atoms with van der Waals surface area (Å²) in [5.41, 5.74) is 0. The molecule has 2 nitrogen and oxygen atoms in total. The van der Waals surface area contributed by atoms with Crippen molar-refractivity contribution < 1.29 is 0 Å². The highest BCUT2D eigenvalue weighted by atomic mass is 15.4. The first-order chi connectivity index (χ1) is 16.7. The molecule has 1 aliphatic heterocycles. The van der Waals surface area contributed by atoms with E-state index in [1.807, 2.05) is 0 Å². The molecule has 0 aromatic heterocycles. The summed E-state index contributed by atoms with van der Waals surface area (Å²) in [7, 11) is 0. The highest BCUT2D eigenvalue weighted by Crippen LogP contribution is 2.25. The molecule has 0 aromatic carbocycles. The predicted molar refractivity (Wildman–Crippen MR) is 154 cm³/mol. The monoisotopic (exact) mass is 477 g/mol. The topological polar surface area (TPSA) is 6.48 Å². The smallest absolute Gasteiger partial charge is 0.101 e. The number of hydrogen-bond acceptors (Lipinski definition) is 2. The minimum absolute atomic E-state index is 0.608. The Labute approximate surface area is 216 Å². The lowest BCUT2D eigenvalue weighted by Crippen LogP contribution is -2.42. The molecule has 0 fully saturated rings. The molecule has 0 spiro atoms. The van der Waals surface area contributed by atoms with Gasteiger partial charge in [0.2, 0.25) is 0 Å². The first kappa shape index (κ1) is 31.4. The van der Waals surface area contributed by atoms with Gasteiger partial charge in [-0.25, -0.2) is 0 Å². The maximum atomic E-state index is 2.64. The molecule has 1 unspecified atom stereocenters. The highest BCUT2D eigenvalue weighted by molar-refractivity contribution is 4.98. The van der Waals surface area contributed by atoms with Crippen molar-refractivity contribution in [2.45, 2.75) is 188 Å². The molecule has 0 radical (unpaired) electrons. The zero-order chi connectivity index (χ0) is 24.7. The highest BCUT2D eigenvalue weighted by Gasteiger charge is 2.26. The minimum Gasteiger partial charge on any atom is -0.356 e. The van der Waals surface area contributed by atoms with Crippen molar-refractivity contribution in [3.05, 3.63) is 12.4 Å². The van der Waals surface area contributed by atoms with E-state index >= 15 is 0 Å². The summed E-state index contributed by atoms with van der Waals surface area (Å²) in [5, 5.41) is 0. The fourth-order valence-electron chi connectivity index (χ4n) is 5.54. The van der Waals surface area contributed by atoms with Gasteiger partial charge in [0.15, 0.2) is 0 Å². The van der Waals surface area contributed by atoms with Gasteiger partial charge >= 0.3 is 0 Å². The third kappa shape index (κ3) is 16.1. The van der Waals surface area contributed by atoms with Gasteiger partial charge in [-0.15, -0.1) is 0 Å². The van der Waals surface area contributed by atoms with Gasteiger partial charge in [0, 0.05) is 25.0 Å². The van der Waals surface area contributed by atoms with Gasteiger partial charge < -0.3 is 9.80 Å². The summed E-state index contributed by atoms with van der Waals surface area (Å²) in [6.07, 6.45) is 38.3. The van der Waals surface area contributed by atoms with E-state index in [0.29, 0.717) is 12.2 Å². The molecule has 0 N–H and O–H groups in total. The number of unbranched alkanes of at least 4 members (excludes halogenated alkanes) is 20. The molecule has 0 saturated heterocycles. The first-order valence-electron chi connectivity index (χ1n) is 15.9. The predicted octanol–water partition coefficient (Wildman–Crippen LogP) is 10.8. The number of rotatable bonds is 25. The van der Waals surface area contributed by atoms with Crippen LogP contribution in [0.4, 0.5) is 0 Å². The van der Waals surface area contributed by atoms with Gasteiger partial charge in [-0.3, -0.25) is 0 Å². The van der Waals surface area contributed by atoms with Crippen molar-refractivity contribution in [2.24, 2.45) is 0 Å². The Morgan fingerprint density at radius 2 is 0.882 bits per heavy atom. The van der Waals surface area contributed by atoms with Gasteiger partial charge in [0.1, 0.15) is 6.17 Å². The summed E-state index contributed by atoms with van der Waals surface area (Å²) < 4.78 is 0. The number of hydrogen-bond donors (Lipinski definition) is 0. The van der Waals surface area contributed by atoms with Crippen LogP contribution in [0.15, 0.2) is 12.4 Å². The van der Waals surface area contributed by atoms with Gasteiger partial charge in [0.05, 0.1) is 0 Å². The van der Waals surface area contributed by atoms with Crippen LogP contribution in [0.2, 0.25) is 0 Å². The Morgan fingerprint density at radius 1 is 0.500 bits per heavy atom. The van der Waals surface area contributed by atoms with E-state index in [9.17, 15) is 0 Å². The zero-order valence-corrected chi connectivity index (χ0v) is 24.2. The molecule has 34 heavy (non-hydrogen) atoms. The van der Waals surface area contributed by atoms with Gasteiger partial charge in [-0.05, 0) is 33.1 Å². The molecule has 0 aromatic rings. The van der Waals surface area contributed by atoms with Gasteiger partial charge in [-0.2, -0.15) is 0 Å². The van der Waals surface area contributed by atoms with Crippen molar-refractivity contribution in [3.63, 3.8) is 0 Å². The van der Waals surface area contributed by atoms with Crippen LogP contribution < -0.4 is 0 Å². The van der Waals surface area contributed by atoms with E-state index in [1.165, 1.54) is 154 Å². The molecule has 1 heterocycles. The van der Waals surface area contributed by atoms with Crippen LogP contribution in [0.1, 0.15) is 175 Å². The van der Waals surface area contributed by atoms with Crippen LogP contribution >= 0.6 is 0 Å². The molecular formula is C32H64N2. The van der Waals surface area contributed by atoms with Crippen molar-refractivity contribution in [1.29, 1.82) is 0 Å². The third-order valence-corrected chi connectivity index (χ3v) is 7.84. The van der Waals surface area contributed by atoms with Crippen LogP contribution in [0.25, 0.3) is 0 Å². The molecule has 1 rings (SSSR count). The standard InChI is InChI=1S/C32H64N2/c1-5-7-9-11-13-14-15-16-17-18-19-20-21-22-23-25-27-32-33(29-30-34(32)31(3)4)28-26-24-12-10-8-6-2/h29-32H,5-28H2,1-4H3. The fourth-order valence-corrected chi connectivity index (χ4v) is 5.54. The molecule has 0 bridgehead atoms. The van der Waals surface area contributed by atoms with Crippen LogP contribution in [-0.4, -0.2) is 28.6 Å². The van der Waals surface area contributed by atoms with Crippen molar-refractivity contribution >= 4 is 0 Å². The molecule has 1 atom stereocenters. The molecule has 1 aliphatic rings. The van der Waals surface area contributed by atoms with Crippen molar-refractivity contribution in [2.75, 3.05) is 6.54 Å². The van der Waals surface area contributed by atoms with Crippen molar-refractivity contribution in [3.8, 4) is 0 Å². The van der Waals surface area contributed by atoms with E-state index < -0.39 is 0 Å². The van der Waals surface area contributed by atoms with E-state index in [1.54, 1.807) is 0 Å². The molecule has 202 valence electrons. The summed E-state index contributed by atoms with van der Waals surface area (Å²) >= 11 is 0. The summed E-state index contributed by atoms with van der Waals surface area (Å²) in [5.74, 6) is 0. The van der Waals surface area contributed by atoms with Crippen LogP contribution in [0.3, 0.4) is 0 Å². The summed E-state index contributed by atoms with van der Waals surface area (Å²) in [4.78, 5) is 5.24. The van der Waals surface area contributed by atoms with E-state index in [-0.39, 0.29) is 0 Å². The Morgan fingerprint density at radius 3 is 1.29 bits per heavy atom. The van der Waals surface area contributed by atoms with Crippen LogP contribution in [-0.2, 0) is 0 Å². The number of nitrogens with zero attached hydrogens (tertiary/aromatic N) is 2. The lowest BCUT2D eigenvalue weighted by atomic mass is 10.0. The van der Waals surface area contributed by atoms with Crippen LogP contribution in [0, 0.1) is 0 Å². The molecule has 2 heteroatoms. The summed E-state index contributed by atoms with van der Waals surface area (Å²) in [6, 6.07) is 0.608. The van der Waals surface area contributed by atoms with E-state index in [2.05, 4.69) is 49.9 Å². The second-order valence-electron chi connectivity index (χ2n) is 11.4. The maximum Gasteiger partial charge on any atom is 0.101 e. The van der Waals surface area contributed by atoms with E-state index in [0.717, 1.165) is 0 Å². The third-order valence-electron chi connectivity index (χ3n) is 7.84. The molecule has 0 amide bonds. The van der Waals surface area contributed by atoms with Gasteiger partial charge in [0.25, 0.3) is 0 Å². The second kappa shape index (κ2) is 22.8. The zero-order valence-electron chi connectivity index (χ0n) is 24.2. The van der Waals surface area contributed by atoms with Gasteiger partial charge in [-0.1, -0.05) is 142 Å². The van der Waals surface area contributed by atoms with Crippen molar-refractivity contribution in [1.82, 2.24) is 9.80 Å². The Hall–Kier alpha value is -0.660. The van der Waals surface area contributed by atoms with Crippen LogP contribution in [0.5, 0.6) is 0 Å². The normalized spacial score (nSPS) is 15.9. The Balaban J connectivity index is 1.99. The molecule has 0 saturated carbocycles. The average Bonchev–Trinajstić information content (AvgIpc) is 3.24. The van der Waals surface area contributed by atoms with E-state index in [4.69, 9.17) is 0 Å². The first-order valence-corrected chi connectivity index (χ1v) is 15.9. The average molecular weight is 477 g/mol. The minimum atomic E-state index is 0.608. The lowest BCUT2D eigenvalue weighted by molar-refractivity contribution is 0.114. The maximum absolute atomic E-state index is 2.64.